The Morgan fingerprint density at radius 3 is 2.39 bits per heavy atom. The van der Waals surface area contributed by atoms with Crippen molar-refractivity contribution in [1.29, 1.82) is 0 Å². The second-order valence-electron chi connectivity index (χ2n) is 8.92. The summed E-state index contributed by atoms with van der Waals surface area (Å²) in [6.45, 7) is 7.97. The molecule has 3 nitrogen and oxygen atoms in total. The molecule has 3 heterocycles. The smallest absolute Gasteiger partial charge is 0.153 e. The van der Waals surface area contributed by atoms with E-state index in [9.17, 15) is 0 Å². The molecule has 0 atom stereocenters. The van der Waals surface area contributed by atoms with Crippen molar-refractivity contribution >= 4 is 16.7 Å². The lowest BCUT2D eigenvalue weighted by Gasteiger charge is -2.33. The van der Waals surface area contributed by atoms with Crippen molar-refractivity contribution in [3.8, 4) is 0 Å². The van der Waals surface area contributed by atoms with Crippen LogP contribution in [0.15, 0.2) is 42.6 Å². The molecule has 2 fully saturated rings. The van der Waals surface area contributed by atoms with Gasteiger partial charge in [0.05, 0.1) is 5.52 Å². The average molecular weight is 374 g/mol. The van der Waals surface area contributed by atoms with Gasteiger partial charge in [-0.15, -0.1) is 0 Å². The van der Waals surface area contributed by atoms with Gasteiger partial charge in [-0.25, -0.2) is 4.98 Å². The monoisotopic (exact) mass is 373 g/mol. The van der Waals surface area contributed by atoms with E-state index in [1.165, 1.54) is 72.2 Å². The maximum absolute atomic E-state index is 4.89. The van der Waals surface area contributed by atoms with Crippen molar-refractivity contribution in [1.82, 2.24) is 9.55 Å². The fraction of sp³-hybridized carbons (Fsp3) is 0.480. The summed E-state index contributed by atoms with van der Waals surface area (Å²) in [6.07, 6.45) is 8.52. The minimum atomic E-state index is 0.791. The Hall–Kier alpha value is -2.29. The van der Waals surface area contributed by atoms with Crippen molar-refractivity contribution in [3.63, 3.8) is 0 Å². The van der Waals surface area contributed by atoms with E-state index in [0.717, 1.165) is 24.9 Å². The molecule has 3 heteroatoms. The van der Waals surface area contributed by atoms with Crippen LogP contribution >= 0.6 is 0 Å². The molecule has 5 rings (SSSR count). The highest BCUT2D eigenvalue weighted by atomic mass is 15.2. The van der Waals surface area contributed by atoms with Crippen LogP contribution in [0.1, 0.15) is 42.5 Å². The Morgan fingerprint density at radius 2 is 1.68 bits per heavy atom. The Kier molecular flexibility index (Phi) is 4.62. The van der Waals surface area contributed by atoms with Crippen molar-refractivity contribution in [2.75, 3.05) is 18.0 Å². The van der Waals surface area contributed by atoms with Crippen LogP contribution in [-0.4, -0.2) is 22.6 Å². The van der Waals surface area contributed by atoms with Gasteiger partial charge in [0.25, 0.3) is 0 Å². The Bertz CT molecular complexity index is 960. The number of hydrogen-bond donors (Lipinski definition) is 0. The van der Waals surface area contributed by atoms with Gasteiger partial charge in [0, 0.05) is 36.9 Å². The lowest BCUT2D eigenvalue weighted by molar-refractivity contribution is 0.402. The Morgan fingerprint density at radius 1 is 0.929 bits per heavy atom. The van der Waals surface area contributed by atoms with Crippen LogP contribution in [0.5, 0.6) is 0 Å². The van der Waals surface area contributed by atoms with Crippen molar-refractivity contribution in [2.24, 2.45) is 11.8 Å². The van der Waals surface area contributed by atoms with Crippen LogP contribution in [0, 0.1) is 25.7 Å². The van der Waals surface area contributed by atoms with Crippen LogP contribution < -0.4 is 4.90 Å². The van der Waals surface area contributed by atoms with E-state index < -0.39 is 0 Å². The number of aryl methyl sites for hydroxylation is 1. The van der Waals surface area contributed by atoms with Gasteiger partial charge in [0.1, 0.15) is 0 Å². The zero-order valence-electron chi connectivity index (χ0n) is 17.2. The quantitative estimate of drug-likeness (QED) is 0.587. The lowest BCUT2D eigenvalue weighted by atomic mass is 9.90. The summed E-state index contributed by atoms with van der Waals surface area (Å²) in [5, 5.41) is 1.40. The number of fused-ring (bicyclic) bond motifs is 1. The van der Waals surface area contributed by atoms with E-state index in [2.05, 4.69) is 59.7 Å². The number of aromatic nitrogens is 2. The SMILES string of the molecule is Cc1c(C)n(CC2CC2)c2c(N3CCC(Cc4ccccc4)CC3)nccc12. The van der Waals surface area contributed by atoms with Gasteiger partial charge in [-0.2, -0.15) is 0 Å². The molecule has 1 saturated heterocycles. The predicted octanol–water partition coefficient (Wildman–Crippen LogP) is 5.52. The van der Waals surface area contributed by atoms with E-state index >= 15 is 0 Å². The molecule has 28 heavy (non-hydrogen) atoms. The first-order valence-corrected chi connectivity index (χ1v) is 10.9. The highest BCUT2D eigenvalue weighted by Gasteiger charge is 2.27. The van der Waals surface area contributed by atoms with Crippen LogP contribution in [0.25, 0.3) is 10.9 Å². The lowest BCUT2D eigenvalue weighted by Crippen LogP contribution is -2.35. The Labute approximate surface area is 168 Å². The van der Waals surface area contributed by atoms with E-state index in [1.54, 1.807) is 0 Å². The van der Waals surface area contributed by atoms with Crippen LogP contribution in [0.4, 0.5) is 5.82 Å². The zero-order chi connectivity index (χ0) is 19.1. The van der Waals surface area contributed by atoms with Crippen molar-refractivity contribution in [2.45, 2.75) is 52.5 Å². The summed E-state index contributed by atoms with van der Waals surface area (Å²) >= 11 is 0. The summed E-state index contributed by atoms with van der Waals surface area (Å²) in [5.74, 6) is 2.88. The third kappa shape index (κ3) is 3.32. The first-order chi connectivity index (χ1) is 13.7. The number of rotatable bonds is 5. The summed E-state index contributed by atoms with van der Waals surface area (Å²) in [7, 11) is 0. The van der Waals surface area contributed by atoms with E-state index in [-0.39, 0.29) is 0 Å². The molecule has 0 spiro atoms. The fourth-order valence-electron chi connectivity index (χ4n) is 4.89. The van der Waals surface area contributed by atoms with E-state index in [1.807, 2.05) is 6.20 Å². The number of pyridine rings is 1. The maximum atomic E-state index is 4.89. The number of hydrogen-bond acceptors (Lipinski definition) is 2. The number of piperidine rings is 1. The topological polar surface area (TPSA) is 21.1 Å². The molecule has 1 aromatic carbocycles. The second kappa shape index (κ2) is 7.27. The molecule has 2 aromatic heterocycles. The normalized spacial score (nSPS) is 18.1. The van der Waals surface area contributed by atoms with Crippen LogP contribution in [0.3, 0.4) is 0 Å². The molecule has 3 aromatic rings. The van der Waals surface area contributed by atoms with Gasteiger partial charge in [0.2, 0.25) is 0 Å². The summed E-state index contributed by atoms with van der Waals surface area (Å²) in [6, 6.07) is 13.2. The van der Waals surface area contributed by atoms with Crippen LogP contribution in [-0.2, 0) is 13.0 Å². The molecule has 2 aliphatic rings. The summed E-state index contributed by atoms with van der Waals surface area (Å²) < 4.78 is 2.57. The molecule has 0 amide bonds. The molecule has 1 aliphatic carbocycles. The molecular formula is C25H31N3. The van der Waals surface area contributed by atoms with Gasteiger partial charge in [-0.05, 0) is 75.0 Å². The van der Waals surface area contributed by atoms with Gasteiger partial charge in [0.15, 0.2) is 5.82 Å². The summed E-state index contributed by atoms with van der Waals surface area (Å²) in [5.41, 5.74) is 5.71. The van der Waals surface area contributed by atoms with E-state index in [4.69, 9.17) is 4.98 Å². The predicted molar refractivity (Wildman–Crippen MR) is 117 cm³/mol. The van der Waals surface area contributed by atoms with Crippen LogP contribution in [0.2, 0.25) is 0 Å². The third-order valence-corrected chi connectivity index (χ3v) is 6.95. The van der Waals surface area contributed by atoms with Gasteiger partial charge < -0.3 is 9.47 Å². The van der Waals surface area contributed by atoms with Crippen molar-refractivity contribution in [3.05, 3.63) is 59.4 Å². The van der Waals surface area contributed by atoms with Gasteiger partial charge in [-0.1, -0.05) is 30.3 Å². The standard InChI is InChI=1S/C25H31N3/c1-18-19(2)28(17-22-8-9-22)24-23(18)10-13-26-25(24)27-14-11-21(12-15-27)16-20-6-4-3-5-7-20/h3-7,10,13,21-22H,8-9,11-12,14-17H2,1-2H3. The number of nitrogens with zero attached hydrogens (tertiary/aromatic N) is 3. The Balaban J connectivity index is 1.38. The third-order valence-electron chi connectivity index (χ3n) is 6.95. The molecule has 0 unspecified atom stereocenters. The number of anilines is 1. The van der Waals surface area contributed by atoms with Gasteiger partial charge in [-0.3, -0.25) is 0 Å². The second-order valence-corrected chi connectivity index (χ2v) is 8.92. The minimum Gasteiger partial charge on any atom is -0.355 e. The number of benzene rings is 1. The summed E-state index contributed by atoms with van der Waals surface area (Å²) in [4.78, 5) is 7.44. The largest absolute Gasteiger partial charge is 0.355 e. The maximum Gasteiger partial charge on any atom is 0.153 e. The van der Waals surface area contributed by atoms with Gasteiger partial charge >= 0.3 is 0 Å². The molecule has 0 radical (unpaired) electrons. The molecule has 1 saturated carbocycles. The highest BCUT2D eigenvalue weighted by molar-refractivity contribution is 5.93. The first-order valence-electron chi connectivity index (χ1n) is 10.9. The average Bonchev–Trinajstić information content (AvgIpc) is 3.52. The fourth-order valence-corrected chi connectivity index (χ4v) is 4.89. The molecular weight excluding hydrogens is 342 g/mol. The van der Waals surface area contributed by atoms with E-state index in [0.29, 0.717) is 0 Å². The minimum absolute atomic E-state index is 0.791. The van der Waals surface area contributed by atoms with Crippen molar-refractivity contribution < 1.29 is 0 Å². The molecule has 0 N–H and O–H groups in total. The zero-order valence-corrected chi connectivity index (χ0v) is 17.2. The highest BCUT2D eigenvalue weighted by Crippen LogP contribution is 2.37. The molecule has 0 bridgehead atoms. The first kappa shape index (κ1) is 17.8. The molecule has 146 valence electrons. The molecule has 1 aliphatic heterocycles.